The molecule has 3 rings (SSSR count). The van der Waals surface area contributed by atoms with Gasteiger partial charge in [0, 0.05) is 5.70 Å². The van der Waals surface area contributed by atoms with E-state index in [9.17, 15) is 4.79 Å². The number of allylic oxidation sites excluding steroid dienone is 1. The molecule has 138 valence electrons. The van der Waals surface area contributed by atoms with E-state index in [1.165, 1.54) is 0 Å². The number of fused-ring (bicyclic) bond motifs is 1. The summed E-state index contributed by atoms with van der Waals surface area (Å²) in [6, 6.07) is 7.18. The van der Waals surface area contributed by atoms with Gasteiger partial charge in [0.25, 0.3) is 0 Å². The van der Waals surface area contributed by atoms with Crippen LogP contribution in [0.1, 0.15) is 32.4 Å². The van der Waals surface area contributed by atoms with Crippen LogP contribution in [0, 0.1) is 0 Å². The molecule has 0 bridgehead atoms. The van der Waals surface area contributed by atoms with E-state index in [0.29, 0.717) is 34.7 Å². The molecule has 7 nitrogen and oxygen atoms in total. The Morgan fingerprint density at radius 2 is 2.19 bits per heavy atom. The fourth-order valence-electron chi connectivity index (χ4n) is 2.91. The van der Waals surface area contributed by atoms with Gasteiger partial charge < -0.3 is 14.8 Å². The zero-order valence-corrected chi connectivity index (χ0v) is 16.1. The van der Waals surface area contributed by atoms with Crippen LogP contribution in [0.3, 0.4) is 0 Å². The molecule has 26 heavy (non-hydrogen) atoms. The van der Waals surface area contributed by atoms with E-state index in [-0.39, 0.29) is 5.97 Å². The lowest BCUT2D eigenvalue weighted by Gasteiger charge is -2.28. The average molecular weight is 374 g/mol. The number of benzene rings is 1. The van der Waals surface area contributed by atoms with Crippen LogP contribution in [-0.2, 0) is 9.53 Å². The van der Waals surface area contributed by atoms with E-state index >= 15 is 0 Å². The van der Waals surface area contributed by atoms with Crippen LogP contribution in [-0.4, -0.2) is 40.2 Å². The maximum Gasteiger partial charge on any atom is 0.338 e. The first-order valence-corrected chi connectivity index (χ1v) is 9.45. The van der Waals surface area contributed by atoms with Crippen molar-refractivity contribution in [3.8, 4) is 5.75 Å². The number of thioether (sulfide) groups is 1. The summed E-state index contributed by atoms with van der Waals surface area (Å²) >= 11 is 1.55. The fraction of sp³-hybridized carbons (Fsp3) is 0.389. The Labute approximate surface area is 156 Å². The number of nitrogens with zero attached hydrogens (tertiary/aromatic N) is 3. The zero-order valence-electron chi connectivity index (χ0n) is 15.3. The first-order valence-electron chi connectivity index (χ1n) is 8.47. The van der Waals surface area contributed by atoms with E-state index < -0.39 is 6.04 Å². The highest BCUT2D eigenvalue weighted by atomic mass is 32.2. The van der Waals surface area contributed by atoms with Crippen molar-refractivity contribution in [2.75, 3.05) is 24.8 Å². The first kappa shape index (κ1) is 18.3. The highest BCUT2D eigenvalue weighted by molar-refractivity contribution is 7.99. The van der Waals surface area contributed by atoms with Gasteiger partial charge in [-0.05, 0) is 37.3 Å². The predicted molar refractivity (Wildman–Crippen MR) is 101 cm³/mol. The second-order valence-electron chi connectivity index (χ2n) is 5.66. The number of methoxy groups -OCH3 is 1. The molecule has 2 aromatic rings. The number of hydrogen-bond acceptors (Lipinski definition) is 7. The molecule has 1 atom stereocenters. The Balaban J connectivity index is 2.14. The van der Waals surface area contributed by atoms with Crippen LogP contribution in [0.4, 0.5) is 5.95 Å². The number of rotatable bonds is 6. The van der Waals surface area contributed by atoms with E-state index in [2.05, 4.69) is 15.4 Å². The molecule has 0 spiro atoms. The molecule has 1 N–H and O–H groups in total. The Bertz CT molecular complexity index is 847. The summed E-state index contributed by atoms with van der Waals surface area (Å²) in [5, 5.41) is 8.45. The van der Waals surface area contributed by atoms with Crippen molar-refractivity contribution in [3.63, 3.8) is 0 Å². The first-order chi connectivity index (χ1) is 12.6. The van der Waals surface area contributed by atoms with Crippen molar-refractivity contribution in [1.82, 2.24) is 14.8 Å². The molecule has 1 aliphatic rings. The van der Waals surface area contributed by atoms with E-state index in [1.807, 2.05) is 38.1 Å². The van der Waals surface area contributed by atoms with Crippen LogP contribution in [0.15, 0.2) is 40.7 Å². The monoisotopic (exact) mass is 374 g/mol. The Morgan fingerprint density at radius 1 is 1.38 bits per heavy atom. The van der Waals surface area contributed by atoms with Gasteiger partial charge in [0.05, 0.1) is 19.3 Å². The smallest absolute Gasteiger partial charge is 0.338 e. The van der Waals surface area contributed by atoms with Gasteiger partial charge in [0.15, 0.2) is 0 Å². The van der Waals surface area contributed by atoms with Crippen LogP contribution >= 0.6 is 11.8 Å². The van der Waals surface area contributed by atoms with Gasteiger partial charge in [0.2, 0.25) is 11.1 Å². The number of aromatic nitrogens is 3. The summed E-state index contributed by atoms with van der Waals surface area (Å²) in [7, 11) is 1.62. The topological polar surface area (TPSA) is 78.3 Å². The van der Waals surface area contributed by atoms with Crippen LogP contribution in [0.25, 0.3) is 0 Å². The molecule has 0 saturated heterocycles. The van der Waals surface area contributed by atoms with Crippen molar-refractivity contribution in [1.29, 1.82) is 0 Å². The molecule has 1 aliphatic heterocycles. The Kier molecular flexibility index (Phi) is 5.51. The molecule has 0 aliphatic carbocycles. The lowest BCUT2D eigenvalue weighted by Crippen LogP contribution is -2.29. The minimum absolute atomic E-state index is 0.307. The van der Waals surface area contributed by atoms with E-state index in [0.717, 1.165) is 11.3 Å². The molecule has 1 aromatic heterocycles. The third-order valence-electron chi connectivity index (χ3n) is 4.01. The lowest BCUT2D eigenvalue weighted by atomic mass is 9.95. The van der Waals surface area contributed by atoms with Gasteiger partial charge in [-0.15, -0.1) is 5.10 Å². The number of esters is 1. The van der Waals surface area contributed by atoms with Crippen molar-refractivity contribution < 1.29 is 14.3 Å². The molecular formula is C18H22N4O3S. The number of carbonyl (C=O) groups excluding carboxylic acids is 1. The van der Waals surface area contributed by atoms with E-state index in [1.54, 1.807) is 30.5 Å². The molecule has 0 amide bonds. The molecule has 1 unspecified atom stereocenters. The minimum Gasteiger partial charge on any atom is -0.497 e. The predicted octanol–water partition coefficient (Wildman–Crippen LogP) is 3.25. The average Bonchev–Trinajstić information content (AvgIpc) is 3.02. The molecule has 8 heteroatoms. The molecule has 0 radical (unpaired) electrons. The van der Waals surface area contributed by atoms with Crippen molar-refractivity contribution in [2.24, 2.45) is 0 Å². The normalized spacial score (nSPS) is 16.1. The van der Waals surface area contributed by atoms with Gasteiger partial charge in [-0.1, -0.05) is 30.8 Å². The zero-order chi connectivity index (χ0) is 18.7. The van der Waals surface area contributed by atoms with Gasteiger partial charge in [-0.2, -0.15) is 4.98 Å². The molecule has 0 saturated carbocycles. The summed E-state index contributed by atoms with van der Waals surface area (Å²) < 4.78 is 12.4. The SMILES string of the molecule is CCOC(=O)C1=C(C)Nc2nc(SCC)nn2C1c1cccc(OC)c1. The third kappa shape index (κ3) is 3.41. The molecular weight excluding hydrogens is 352 g/mol. The Morgan fingerprint density at radius 3 is 2.88 bits per heavy atom. The van der Waals surface area contributed by atoms with Gasteiger partial charge >= 0.3 is 5.97 Å². The molecule has 2 heterocycles. The number of anilines is 1. The maximum absolute atomic E-state index is 12.7. The summed E-state index contributed by atoms with van der Waals surface area (Å²) in [5.74, 6) is 1.83. The number of carbonyl (C=O) groups is 1. The maximum atomic E-state index is 12.7. The van der Waals surface area contributed by atoms with Crippen LogP contribution < -0.4 is 10.1 Å². The standard InChI is InChI=1S/C18H22N4O3S/c1-5-25-16(23)14-11(3)19-17-20-18(26-6-2)21-22(17)15(14)12-8-7-9-13(10-12)24-4/h7-10,15H,5-6H2,1-4H3,(H,19,20,21). The highest BCUT2D eigenvalue weighted by Gasteiger charge is 2.35. The number of hydrogen-bond donors (Lipinski definition) is 1. The number of nitrogens with one attached hydrogen (secondary N) is 1. The van der Waals surface area contributed by atoms with Crippen molar-refractivity contribution in [2.45, 2.75) is 32.0 Å². The summed E-state index contributed by atoms with van der Waals surface area (Å²) in [4.78, 5) is 17.2. The third-order valence-corrected chi connectivity index (χ3v) is 4.73. The fourth-order valence-corrected chi connectivity index (χ4v) is 3.47. The van der Waals surface area contributed by atoms with Gasteiger partial charge in [-0.3, -0.25) is 0 Å². The van der Waals surface area contributed by atoms with Crippen LogP contribution in [0.5, 0.6) is 5.75 Å². The summed E-state index contributed by atoms with van der Waals surface area (Å²) in [6.07, 6.45) is 0. The van der Waals surface area contributed by atoms with E-state index in [4.69, 9.17) is 9.47 Å². The largest absolute Gasteiger partial charge is 0.497 e. The highest BCUT2D eigenvalue weighted by Crippen LogP contribution is 2.37. The van der Waals surface area contributed by atoms with Crippen LogP contribution in [0.2, 0.25) is 0 Å². The van der Waals surface area contributed by atoms with Crippen molar-refractivity contribution >= 4 is 23.7 Å². The summed E-state index contributed by atoms with van der Waals surface area (Å²) in [5.41, 5.74) is 2.11. The second-order valence-corrected chi connectivity index (χ2v) is 6.89. The van der Waals surface area contributed by atoms with Gasteiger partial charge in [-0.25, -0.2) is 9.48 Å². The lowest BCUT2D eigenvalue weighted by molar-refractivity contribution is -0.139. The Hall–Kier alpha value is -2.48. The van der Waals surface area contributed by atoms with Gasteiger partial charge in [0.1, 0.15) is 11.8 Å². The molecule has 1 aromatic carbocycles. The minimum atomic E-state index is -0.431. The summed E-state index contributed by atoms with van der Waals surface area (Å²) in [6.45, 7) is 6.00. The quantitative estimate of drug-likeness (QED) is 0.614. The van der Waals surface area contributed by atoms with Crippen molar-refractivity contribution in [3.05, 3.63) is 41.1 Å². The number of ether oxygens (including phenoxy) is 2. The second kappa shape index (κ2) is 7.82. The molecule has 0 fully saturated rings.